The van der Waals surface area contributed by atoms with Gasteiger partial charge in [-0.05, 0) is 5.56 Å². The van der Waals surface area contributed by atoms with Gasteiger partial charge in [0.05, 0.1) is 0 Å². The Morgan fingerprint density at radius 3 is 2.43 bits per heavy atom. The first-order valence-corrected chi connectivity index (χ1v) is 4.99. The zero-order valence-electron chi connectivity index (χ0n) is 8.96. The fourth-order valence-corrected chi connectivity index (χ4v) is 1.20. The van der Waals surface area contributed by atoms with E-state index in [-0.39, 0.29) is 12.0 Å². The van der Waals surface area contributed by atoms with Crippen molar-refractivity contribution in [2.24, 2.45) is 5.41 Å². The lowest BCUT2D eigenvalue weighted by atomic mass is 9.95. The quantitative estimate of drug-likeness (QED) is 0.747. The van der Waals surface area contributed by atoms with Crippen molar-refractivity contribution < 1.29 is 5.11 Å². The van der Waals surface area contributed by atoms with Crippen molar-refractivity contribution >= 4 is 0 Å². The summed E-state index contributed by atoms with van der Waals surface area (Å²) in [7, 11) is 0. The van der Waals surface area contributed by atoms with E-state index in [9.17, 15) is 0 Å². The summed E-state index contributed by atoms with van der Waals surface area (Å²) in [5, 5.41) is 12.4. The van der Waals surface area contributed by atoms with Crippen LogP contribution < -0.4 is 5.32 Å². The highest BCUT2D eigenvalue weighted by Crippen LogP contribution is 2.11. The fourth-order valence-electron chi connectivity index (χ4n) is 1.20. The van der Waals surface area contributed by atoms with E-state index in [0.29, 0.717) is 0 Å². The number of aliphatic hydroxyl groups is 1. The maximum Gasteiger partial charge on any atom is 0.0494 e. The predicted molar refractivity (Wildman–Crippen MR) is 59.0 cm³/mol. The van der Waals surface area contributed by atoms with Crippen molar-refractivity contribution in [3.8, 4) is 0 Å². The third kappa shape index (κ3) is 3.90. The molecular weight excluding hydrogens is 174 g/mol. The highest BCUT2D eigenvalue weighted by Gasteiger charge is 2.14. The molecule has 0 aliphatic rings. The highest BCUT2D eigenvalue weighted by molar-refractivity contribution is 5.14. The van der Waals surface area contributed by atoms with Gasteiger partial charge in [-0.15, -0.1) is 0 Å². The van der Waals surface area contributed by atoms with Crippen LogP contribution in [0.25, 0.3) is 0 Å². The number of benzene rings is 1. The second-order valence-corrected chi connectivity index (χ2v) is 4.41. The van der Waals surface area contributed by atoms with Crippen LogP contribution in [0.4, 0.5) is 0 Å². The summed E-state index contributed by atoms with van der Waals surface area (Å²) in [5.74, 6) is 0. The lowest BCUT2D eigenvalue weighted by molar-refractivity contribution is 0.156. The summed E-state index contributed by atoms with van der Waals surface area (Å²) in [6, 6.07) is 10.3. The van der Waals surface area contributed by atoms with Gasteiger partial charge >= 0.3 is 0 Å². The first-order valence-electron chi connectivity index (χ1n) is 4.99. The summed E-state index contributed by atoms with van der Waals surface area (Å²) in [6.45, 7) is 6.01. The molecular formula is C12H19NO. The molecule has 0 unspecified atom stereocenters. The number of hydrogen-bond donors (Lipinski definition) is 2. The number of hydrogen-bond acceptors (Lipinski definition) is 2. The van der Waals surface area contributed by atoms with Gasteiger partial charge in [-0.25, -0.2) is 0 Å². The summed E-state index contributed by atoms with van der Waals surface area (Å²) in [6.07, 6.45) is 0. The Morgan fingerprint density at radius 2 is 1.86 bits per heavy atom. The molecule has 0 aliphatic heterocycles. The Kier molecular flexibility index (Phi) is 4.11. The Labute approximate surface area is 86.0 Å². The second kappa shape index (κ2) is 5.13. The SMILES string of the molecule is CC(C)(CO)CNCc1ccccc1. The van der Waals surface area contributed by atoms with E-state index in [1.54, 1.807) is 0 Å². The molecule has 0 heterocycles. The molecule has 0 aliphatic carbocycles. The van der Waals surface area contributed by atoms with E-state index >= 15 is 0 Å². The van der Waals surface area contributed by atoms with Crippen LogP contribution in [-0.2, 0) is 6.54 Å². The standard InChI is InChI=1S/C12H19NO/c1-12(2,10-14)9-13-8-11-6-4-3-5-7-11/h3-7,13-14H,8-10H2,1-2H3. The molecule has 1 aromatic rings. The highest BCUT2D eigenvalue weighted by atomic mass is 16.3. The summed E-state index contributed by atoms with van der Waals surface area (Å²) in [4.78, 5) is 0. The molecule has 0 radical (unpaired) electrons. The molecule has 0 fully saturated rings. The Balaban J connectivity index is 2.29. The molecule has 2 N–H and O–H groups in total. The van der Waals surface area contributed by atoms with E-state index < -0.39 is 0 Å². The number of nitrogens with one attached hydrogen (secondary N) is 1. The molecule has 0 saturated heterocycles. The van der Waals surface area contributed by atoms with Crippen molar-refractivity contribution in [1.82, 2.24) is 5.32 Å². The second-order valence-electron chi connectivity index (χ2n) is 4.41. The molecule has 1 rings (SSSR count). The molecule has 0 amide bonds. The largest absolute Gasteiger partial charge is 0.396 e. The van der Waals surface area contributed by atoms with Gasteiger partial charge in [0.1, 0.15) is 0 Å². The molecule has 0 spiro atoms. The molecule has 78 valence electrons. The van der Waals surface area contributed by atoms with Crippen LogP contribution in [0, 0.1) is 5.41 Å². The van der Waals surface area contributed by atoms with E-state index in [0.717, 1.165) is 13.1 Å². The lowest BCUT2D eigenvalue weighted by Crippen LogP contribution is -2.31. The van der Waals surface area contributed by atoms with Gasteiger partial charge < -0.3 is 10.4 Å². The van der Waals surface area contributed by atoms with Crippen LogP contribution >= 0.6 is 0 Å². The van der Waals surface area contributed by atoms with Gasteiger partial charge in [-0.1, -0.05) is 44.2 Å². The summed E-state index contributed by atoms with van der Waals surface area (Å²) >= 11 is 0. The molecule has 0 saturated carbocycles. The van der Waals surface area contributed by atoms with Crippen molar-refractivity contribution in [1.29, 1.82) is 0 Å². The normalized spacial score (nSPS) is 11.6. The minimum absolute atomic E-state index is 0.0330. The molecule has 14 heavy (non-hydrogen) atoms. The van der Waals surface area contributed by atoms with E-state index in [1.807, 2.05) is 32.0 Å². The number of rotatable bonds is 5. The van der Waals surface area contributed by atoms with Gasteiger partial charge in [0.15, 0.2) is 0 Å². The molecule has 2 nitrogen and oxygen atoms in total. The average Bonchev–Trinajstić information content (AvgIpc) is 2.19. The zero-order valence-corrected chi connectivity index (χ0v) is 8.96. The monoisotopic (exact) mass is 193 g/mol. The van der Waals surface area contributed by atoms with Gasteiger partial charge in [0, 0.05) is 25.1 Å². The first-order chi connectivity index (χ1) is 6.64. The van der Waals surface area contributed by atoms with Gasteiger partial charge in [-0.3, -0.25) is 0 Å². The zero-order chi connectivity index (χ0) is 10.4. The van der Waals surface area contributed by atoms with E-state index in [4.69, 9.17) is 5.11 Å². The maximum absolute atomic E-state index is 9.05. The fraction of sp³-hybridized carbons (Fsp3) is 0.500. The Bertz CT molecular complexity index is 256. The van der Waals surface area contributed by atoms with Crippen LogP contribution in [0.2, 0.25) is 0 Å². The third-order valence-corrected chi connectivity index (χ3v) is 2.20. The van der Waals surface area contributed by atoms with E-state index in [1.165, 1.54) is 5.56 Å². The molecule has 1 aromatic carbocycles. The molecule has 0 atom stereocenters. The first kappa shape index (κ1) is 11.2. The van der Waals surface area contributed by atoms with Crippen LogP contribution in [0.1, 0.15) is 19.4 Å². The van der Waals surface area contributed by atoms with Crippen LogP contribution in [0.3, 0.4) is 0 Å². The van der Waals surface area contributed by atoms with Gasteiger partial charge in [0.25, 0.3) is 0 Å². The third-order valence-electron chi connectivity index (χ3n) is 2.20. The number of aliphatic hydroxyl groups excluding tert-OH is 1. The van der Waals surface area contributed by atoms with Crippen LogP contribution in [-0.4, -0.2) is 18.3 Å². The minimum Gasteiger partial charge on any atom is -0.396 e. The lowest BCUT2D eigenvalue weighted by Gasteiger charge is -2.21. The minimum atomic E-state index is -0.0330. The van der Waals surface area contributed by atoms with Crippen LogP contribution in [0.5, 0.6) is 0 Å². The van der Waals surface area contributed by atoms with Crippen LogP contribution in [0.15, 0.2) is 30.3 Å². The van der Waals surface area contributed by atoms with Crippen molar-refractivity contribution in [3.63, 3.8) is 0 Å². The van der Waals surface area contributed by atoms with Crippen molar-refractivity contribution in [2.75, 3.05) is 13.2 Å². The van der Waals surface area contributed by atoms with Gasteiger partial charge in [-0.2, -0.15) is 0 Å². The molecule has 0 bridgehead atoms. The van der Waals surface area contributed by atoms with E-state index in [2.05, 4.69) is 17.4 Å². The summed E-state index contributed by atoms with van der Waals surface area (Å²) in [5.41, 5.74) is 1.25. The Hall–Kier alpha value is -0.860. The molecule has 0 aromatic heterocycles. The Morgan fingerprint density at radius 1 is 1.21 bits per heavy atom. The van der Waals surface area contributed by atoms with Crippen molar-refractivity contribution in [2.45, 2.75) is 20.4 Å². The van der Waals surface area contributed by atoms with Crippen molar-refractivity contribution in [3.05, 3.63) is 35.9 Å². The predicted octanol–water partition coefficient (Wildman–Crippen LogP) is 1.79. The topological polar surface area (TPSA) is 32.3 Å². The van der Waals surface area contributed by atoms with Gasteiger partial charge in [0.2, 0.25) is 0 Å². The summed E-state index contributed by atoms with van der Waals surface area (Å²) < 4.78 is 0. The smallest absolute Gasteiger partial charge is 0.0494 e. The molecule has 2 heteroatoms. The maximum atomic E-state index is 9.05. The average molecular weight is 193 g/mol.